The van der Waals surface area contributed by atoms with Crippen molar-refractivity contribution in [2.45, 2.75) is 6.92 Å². The van der Waals surface area contributed by atoms with Crippen molar-refractivity contribution in [1.29, 1.82) is 0 Å². The molecule has 0 saturated heterocycles. The fourth-order valence-corrected chi connectivity index (χ4v) is 2.23. The number of aryl methyl sites for hydroxylation is 1. The summed E-state index contributed by atoms with van der Waals surface area (Å²) in [6, 6.07) is 9.26. The molecule has 0 amide bonds. The molecular formula is C14H10ClNO4. The maximum atomic E-state index is 11.1. The van der Waals surface area contributed by atoms with Crippen LogP contribution < -0.4 is 0 Å². The zero-order valence-electron chi connectivity index (χ0n) is 10.5. The van der Waals surface area contributed by atoms with Crippen LogP contribution in [0.3, 0.4) is 0 Å². The van der Waals surface area contributed by atoms with E-state index in [1.807, 2.05) is 13.0 Å². The van der Waals surface area contributed by atoms with Crippen molar-refractivity contribution in [2.24, 2.45) is 0 Å². The number of carbonyl (C=O) groups is 1. The first-order valence-corrected chi connectivity index (χ1v) is 6.06. The Morgan fingerprint density at radius 1 is 1.25 bits per heavy atom. The number of hydrogen-bond donors (Lipinski definition) is 1. The standard InChI is InChI=1S/C14H10ClNO4/c1-8-2-4-10(12(15)6-8)9-3-5-13(16(19)20)11(7-9)14(17)18/h2-7H,1H3,(H,17,18). The van der Waals surface area contributed by atoms with Gasteiger partial charge in [-0.1, -0.05) is 23.7 Å². The van der Waals surface area contributed by atoms with Gasteiger partial charge in [-0.15, -0.1) is 0 Å². The van der Waals surface area contributed by atoms with Gasteiger partial charge in [0.25, 0.3) is 5.69 Å². The monoisotopic (exact) mass is 291 g/mol. The highest BCUT2D eigenvalue weighted by molar-refractivity contribution is 6.33. The Hall–Kier alpha value is -2.40. The van der Waals surface area contributed by atoms with Gasteiger partial charge in [-0.2, -0.15) is 0 Å². The molecule has 0 aliphatic rings. The van der Waals surface area contributed by atoms with Crippen LogP contribution in [-0.4, -0.2) is 16.0 Å². The van der Waals surface area contributed by atoms with E-state index in [0.29, 0.717) is 16.1 Å². The summed E-state index contributed by atoms with van der Waals surface area (Å²) in [5.74, 6) is -1.35. The van der Waals surface area contributed by atoms with Gasteiger partial charge in [0.05, 0.1) is 4.92 Å². The number of hydrogen-bond acceptors (Lipinski definition) is 3. The molecule has 2 rings (SSSR count). The van der Waals surface area contributed by atoms with E-state index in [1.54, 1.807) is 12.1 Å². The molecular weight excluding hydrogens is 282 g/mol. The predicted molar refractivity (Wildman–Crippen MR) is 75.2 cm³/mol. The van der Waals surface area contributed by atoms with Crippen LogP contribution >= 0.6 is 11.6 Å². The SMILES string of the molecule is Cc1ccc(-c2ccc([N+](=O)[O-])c(C(=O)O)c2)c(Cl)c1. The first-order chi connectivity index (χ1) is 9.40. The van der Waals surface area contributed by atoms with Crippen LogP contribution in [0.15, 0.2) is 36.4 Å². The number of aromatic carboxylic acids is 1. The first-order valence-electron chi connectivity index (χ1n) is 5.68. The quantitative estimate of drug-likeness (QED) is 0.686. The second-order valence-corrected chi connectivity index (χ2v) is 4.68. The van der Waals surface area contributed by atoms with Crippen LogP contribution in [0, 0.1) is 17.0 Å². The summed E-state index contributed by atoms with van der Waals surface area (Å²) in [7, 11) is 0. The minimum atomic E-state index is -1.35. The number of benzene rings is 2. The molecule has 0 saturated carbocycles. The van der Waals surface area contributed by atoms with E-state index in [2.05, 4.69) is 0 Å². The van der Waals surface area contributed by atoms with Gasteiger partial charge in [0.1, 0.15) is 5.56 Å². The summed E-state index contributed by atoms with van der Waals surface area (Å²) >= 11 is 6.12. The Balaban J connectivity index is 2.62. The van der Waals surface area contributed by atoms with Crippen LogP contribution in [-0.2, 0) is 0 Å². The first kappa shape index (κ1) is 14.0. The highest BCUT2D eigenvalue weighted by atomic mass is 35.5. The van der Waals surface area contributed by atoms with Crippen molar-refractivity contribution in [3.8, 4) is 11.1 Å². The van der Waals surface area contributed by atoms with Gasteiger partial charge in [0, 0.05) is 16.7 Å². The molecule has 0 bridgehead atoms. The van der Waals surface area contributed by atoms with Gasteiger partial charge in [0.2, 0.25) is 0 Å². The lowest BCUT2D eigenvalue weighted by atomic mass is 10.0. The van der Waals surface area contributed by atoms with Crippen LogP contribution in [0.5, 0.6) is 0 Å². The minimum Gasteiger partial charge on any atom is -0.477 e. The molecule has 0 radical (unpaired) electrons. The lowest BCUT2D eigenvalue weighted by Crippen LogP contribution is -2.02. The van der Waals surface area contributed by atoms with E-state index in [-0.39, 0.29) is 5.56 Å². The number of rotatable bonds is 3. The molecule has 2 aromatic carbocycles. The molecule has 20 heavy (non-hydrogen) atoms. The third kappa shape index (κ3) is 2.62. The highest BCUT2D eigenvalue weighted by Crippen LogP contribution is 2.32. The van der Waals surface area contributed by atoms with E-state index < -0.39 is 16.6 Å². The predicted octanol–water partition coefficient (Wildman–Crippen LogP) is 3.92. The molecule has 0 heterocycles. The Morgan fingerprint density at radius 3 is 2.50 bits per heavy atom. The normalized spacial score (nSPS) is 10.3. The molecule has 0 fully saturated rings. The largest absolute Gasteiger partial charge is 0.477 e. The summed E-state index contributed by atoms with van der Waals surface area (Å²) in [6.07, 6.45) is 0. The number of carboxylic acid groups (broad SMARTS) is 1. The molecule has 0 aliphatic carbocycles. The summed E-state index contributed by atoms with van der Waals surface area (Å²) in [4.78, 5) is 21.2. The third-order valence-corrected chi connectivity index (χ3v) is 3.17. The average Bonchev–Trinajstić information content (AvgIpc) is 2.37. The van der Waals surface area contributed by atoms with Crippen molar-refractivity contribution < 1.29 is 14.8 Å². The van der Waals surface area contributed by atoms with E-state index in [4.69, 9.17) is 16.7 Å². The average molecular weight is 292 g/mol. The molecule has 5 nitrogen and oxygen atoms in total. The molecule has 0 unspecified atom stereocenters. The lowest BCUT2D eigenvalue weighted by molar-refractivity contribution is -0.385. The number of carboxylic acids is 1. The van der Waals surface area contributed by atoms with E-state index in [1.165, 1.54) is 18.2 Å². The molecule has 102 valence electrons. The van der Waals surface area contributed by atoms with E-state index >= 15 is 0 Å². The van der Waals surface area contributed by atoms with E-state index in [9.17, 15) is 14.9 Å². The van der Waals surface area contributed by atoms with Crippen LogP contribution in [0.4, 0.5) is 5.69 Å². The van der Waals surface area contributed by atoms with Crippen LogP contribution in [0.2, 0.25) is 5.02 Å². The van der Waals surface area contributed by atoms with Crippen molar-refractivity contribution in [3.63, 3.8) is 0 Å². The fourth-order valence-electron chi connectivity index (χ4n) is 1.89. The van der Waals surface area contributed by atoms with Gasteiger partial charge in [-0.3, -0.25) is 10.1 Å². The van der Waals surface area contributed by atoms with Gasteiger partial charge in [-0.25, -0.2) is 4.79 Å². The smallest absolute Gasteiger partial charge is 0.342 e. The minimum absolute atomic E-state index is 0.357. The maximum absolute atomic E-state index is 11.1. The zero-order valence-corrected chi connectivity index (χ0v) is 11.2. The molecule has 0 atom stereocenters. The Labute approximate surface area is 119 Å². The number of nitrogens with zero attached hydrogens (tertiary/aromatic N) is 1. The van der Waals surface area contributed by atoms with Gasteiger partial charge in [-0.05, 0) is 36.2 Å². The fraction of sp³-hybridized carbons (Fsp3) is 0.0714. The second-order valence-electron chi connectivity index (χ2n) is 4.28. The van der Waals surface area contributed by atoms with Crippen LogP contribution in [0.1, 0.15) is 15.9 Å². The second kappa shape index (κ2) is 5.30. The van der Waals surface area contributed by atoms with Gasteiger partial charge in [0.15, 0.2) is 0 Å². The van der Waals surface area contributed by atoms with E-state index in [0.717, 1.165) is 5.56 Å². The molecule has 2 aromatic rings. The summed E-state index contributed by atoms with van der Waals surface area (Å²) < 4.78 is 0. The third-order valence-electron chi connectivity index (χ3n) is 2.86. The number of halogens is 1. The summed E-state index contributed by atoms with van der Waals surface area (Å²) in [5, 5.41) is 20.3. The summed E-state index contributed by atoms with van der Waals surface area (Å²) in [5.41, 5.74) is 1.33. The van der Waals surface area contributed by atoms with Crippen molar-refractivity contribution in [1.82, 2.24) is 0 Å². The van der Waals surface area contributed by atoms with Crippen molar-refractivity contribution >= 4 is 23.3 Å². The maximum Gasteiger partial charge on any atom is 0.342 e. The van der Waals surface area contributed by atoms with Gasteiger partial charge < -0.3 is 5.11 Å². The zero-order chi connectivity index (χ0) is 14.9. The topological polar surface area (TPSA) is 80.4 Å². The Bertz CT molecular complexity index is 712. The summed E-state index contributed by atoms with van der Waals surface area (Å²) in [6.45, 7) is 1.88. The Kier molecular flexibility index (Phi) is 3.72. The lowest BCUT2D eigenvalue weighted by Gasteiger charge is -2.07. The molecule has 1 N–H and O–H groups in total. The molecule has 0 aromatic heterocycles. The van der Waals surface area contributed by atoms with Crippen LogP contribution in [0.25, 0.3) is 11.1 Å². The molecule has 0 aliphatic heterocycles. The van der Waals surface area contributed by atoms with Gasteiger partial charge >= 0.3 is 5.97 Å². The number of nitro benzene ring substituents is 1. The Morgan fingerprint density at radius 2 is 1.95 bits per heavy atom. The van der Waals surface area contributed by atoms with Crippen molar-refractivity contribution in [2.75, 3.05) is 0 Å². The number of nitro groups is 1. The molecule has 0 spiro atoms. The van der Waals surface area contributed by atoms with Crippen molar-refractivity contribution in [3.05, 3.63) is 62.7 Å². The molecule has 6 heteroatoms. The highest BCUT2D eigenvalue weighted by Gasteiger charge is 2.20.